The molecule has 1 amide bonds. The van der Waals surface area contributed by atoms with Crippen molar-refractivity contribution in [1.29, 1.82) is 0 Å². The summed E-state index contributed by atoms with van der Waals surface area (Å²) in [6.07, 6.45) is 1.12. The molecule has 3 aromatic carbocycles. The van der Waals surface area contributed by atoms with Crippen LogP contribution in [0.4, 0.5) is 5.69 Å². The number of hydrogen-bond donors (Lipinski definition) is 1. The van der Waals surface area contributed by atoms with E-state index in [9.17, 15) is 4.79 Å². The van der Waals surface area contributed by atoms with Crippen LogP contribution in [0.2, 0.25) is 0 Å². The van der Waals surface area contributed by atoms with Crippen LogP contribution in [-0.4, -0.2) is 12.5 Å². The van der Waals surface area contributed by atoms with Gasteiger partial charge < -0.3 is 10.1 Å². The van der Waals surface area contributed by atoms with E-state index in [4.69, 9.17) is 4.74 Å². The first-order valence-corrected chi connectivity index (χ1v) is 8.61. The van der Waals surface area contributed by atoms with Crippen molar-refractivity contribution in [3.05, 3.63) is 71.8 Å². The van der Waals surface area contributed by atoms with Gasteiger partial charge in [-0.1, -0.05) is 54.1 Å². The lowest BCUT2D eigenvalue weighted by Crippen LogP contribution is -2.13. The molecular formula is C22H23NO2. The van der Waals surface area contributed by atoms with Gasteiger partial charge in [0.2, 0.25) is 5.91 Å². The fourth-order valence-electron chi connectivity index (χ4n) is 2.92. The largest absolute Gasteiger partial charge is 0.493 e. The molecule has 1 N–H and O–H groups in total. The number of nitrogens with one attached hydrogen (secondary N) is 1. The van der Waals surface area contributed by atoms with Gasteiger partial charge in [0.05, 0.1) is 6.61 Å². The van der Waals surface area contributed by atoms with Crippen molar-refractivity contribution >= 4 is 22.4 Å². The number of benzene rings is 3. The minimum atomic E-state index is 0.0144. The Labute approximate surface area is 148 Å². The number of hydrogen-bond acceptors (Lipinski definition) is 2. The highest BCUT2D eigenvalue weighted by Crippen LogP contribution is 2.23. The Balaban J connectivity index is 1.51. The third kappa shape index (κ3) is 4.38. The number of amides is 1. The van der Waals surface area contributed by atoms with Gasteiger partial charge in [-0.3, -0.25) is 4.79 Å². The van der Waals surface area contributed by atoms with Crippen LogP contribution in [0.25, 0.3) is 10.8 Å². The zero-order valence-corrected chi connectivity index (χ0v) is 14.7. The quantitative estimate of drug-likeness (QED) is 0.625. The maximum atomic E-state index is 12.2. The average Bonchev–Trinajstić information content (AvgIpc) is 2.60. The summed E-state index contributed by atoms with van der Waals surface area (Å²) in [5, 5.41) is 5.19. The fraction of sp³-hybridized carbons (Fsp3) is 0.227. The fourth-order valence-corrected chi connectivity index (χ4v) is 2.92. The molecule has 0 bridgehead atoms. The summed E-state index contributed by atoms with van der Waals surface area (Å²) in [7, 11) is 0. The van der Waals surface area contributed by atoms with E-state index in [2.05, 4.69) is 18.3 Å². The summed E-state index contributed by atoms with van der Waals surface area (Å²) in [5.74, 6) is 0.903. The topological polar surface area (TPSA) is 38.3 Å². The molecule has 3 rings (SSSR count). The summed E-state index contributed by atoms with van der Waals surface area (Å²) < 4.78 is 5.78. The van der Waals surface area contributed by atoms with Gasteiger partial charge in [-0.15, -0.1) is 0 Å². The first kappa shape index (κ1) is 17.0. The van der Waals surface area contributed by atoms with Gasteiger partial charge in [-0.2, -0.15) is 0 Å². The molecule has 0 spiro atoms. The van der Waals surface area contributed by atoms with Crippen LogP contribution < -0.4 is 10.1 Å². The van der Waals surface area contributed by atoms with E-state index in [1.807, 2.05) is 61.5 Å². The molecule has 0 saturated heterocycles. The van der Waals surface area contributed by atoms with Gasteiger partial charge in [-0.05, 0) is 43.4 Å². The summed E-state index contributed by atoms with van der Waals surface area (Å²) >= 11 is 0. The molecule has 0 aliphatic carbocycles. The normalized spacial score (nSPS) is 10.6. The van der Waals surface area contributed by atoms with Crippen molar-refractivity contribution < 1.29 is 9.53 Å². The van der Waals surface area contributed by atoms with Crippen LogP contribution in [0.1, 0.15) is 24.0 Å². The molecular weight excluding hydrogens is 310 g/mol. The van der Waals surface area contributed by atoms with Crippen LogP contribution in [-0.2, 0) is 4.79 Å². The summed E-state index contributed by atoms with van der Waals surface area (Å²) in [6, 6.07) is 20.1. The minimum absolute atomic E-state index is 0.0144. The maximum Gasteiger partial charge on any atom is 0.224 e. The molecule has 3 heteroatoms. The van der Waals surface area contributed by atoms with Crippen molar-refractivity contribution in [2.24, 2.45) is 0 Å². The number of carbonyl (C=O) groups is 1. The number of aryl methyl sites for hydroxylation is 2. The van der Waals surface area contributed by atoms with Crippen molar-refractivity contribution in [3.8, 4) is 5.75 Å². The molecule has 128 valence electrons. The summed E-state index contributed by atoms with van der Waals surface area (Å²) in [5.41, 5.74) is 3.21. The van der Waals surface area contributed by atoms with Gasteiger partial charge in [-0.25, -0.2) is 0 Å². The first-order chi connectivity index (χ1) is 12.1. The highest BCUT2D eigenvalue weighted by atomic mass is 16.5. The number of rotatable bonds is 6. The number of fused-ring (bicyclic) bond motifs is 1. The van der Waals surface area contributed by atoms with E-state index in [-0.39, 0.29) is 5.91 Å². The monoisotopic (exact) mass is 333 g/mol. The van der Waals surface area contributed by atoms with Crippen LogP contribution in [0.3, 0.4) is 0 Å². The third-order valence-electron chi connectivity index (χ3n) is 4.20. The molecule has 0 atom stereocenters. The number of carbonyl (C=O) groups excluding carboxylic acids is 1. The zero-order valence-electron chi connectivity index (χ0n) is 14.7. The Bertz CT molecular complexity index is 881. The molecule has 0 aromatic heterocycles. The Kier molecular flexibility index (Phi) is 5.34. The Morgan fingerprint density at radius 3 is 2.64 bits per heavy atom. The van der Waals surface area contributed by atoms with E-state index in [1.54, 1.807) is 0 Å². The lowest BCUT2D eigenvalue weighted by molar-refractivity contribution is -0.116. The molecule has 0 radical (unpaired) electrons. The molecule has 0 heterocycles. The standard InChI is InChI=1S/C22H23NO2/c1-16-12-13-21(17(2)15-16)25-14-6-11-22(24)23-20-10-5-8-18-7-3-4-9-19(18)20/h3-5,7-10,12-13,15H,6,11,14H2,1-2H3,(H,23,24). The van der Waals surface area contributed by atoms with E-state index in [0.29, 0.717) is 19.4 Å². The van der Waals surface area contributed by atoms with Crippen molar-refractivity contribution in [2.75, 3.05) is 11.9 Å². The van der Waals surface area contributed by atoms with Crippen LogP contribution in [0.5, 0.6) is 5.75 Å². The Hall–Kier alpha value is -2.81. The SMILES string of the molecule is Cc1ccc(OCCCC(=O)Nc2cccc3ccccc23)c(C)c1. The van der Waals surface area contributed by atoms with E-state index in [0.717, 1.165) is 27.8 Å². The van der Waals surface area contributed by atoms with E-state index < -0.39 is 0 Å². The van der Waals surface area contributed by atoms with E-state index in [1.165, 1.54) is 5.56 Å². The van der Waals surface area contributed by atoms with Crippen LogP contribution in [0.15, 0.2) is 60.7 Å². The van der Waals surface area contributed by atoms with Gasteiger partial charge in [0.1, 0.15) is 5.75 Å². The lowest BCUT2D eigenvalue weighted by Gasteiger charge is -2.11. The van der Waals surface area contributed by atoms with Gasteiger partial charge >= 0.3 is 0 Å². The van der Waals surface area contributed by atoms with Crippen LogP contribution in [0, 0.1) is 13.8 Å². The van der Waals surface area contributed by atoms with E-state index >= 15 is 0 Å². The second-order valence-electron chi connectivity index (χ2n) is 6.30. The first-order valence-electron chi connectivity index (χ1n) is 8.61. The predicted molar refractivity (Wildman–Crippen MR) is 103 cm³/mol. The summed E-state index contributed by atoms with van der Waals surface area (Å²) in [6.45, 7) is 4.64. The highest BCUT2D eigenvalue weighted by molar-refractivity contribution is 6.02. The van der Waals surface area contributed by atoms with Crippen molar-refractivity contribution in [3.63, 3.8) is 0 Å². The maximum absolute atomic E-state index is 12.2. The molecule has 3 nitrogen and oxygen atoms in total. The van der Waals surface area contributed by atoms with Crippen molar-refractivity contribution in [2.45, 2.75) is 26.7 Å². The molecule has 3 aromatic rings. The van der Waals surface area contributed by atoms with Crippen LogP contribution >= 0.6 is 0 Å². The second kappa shape index (κ2) is 7.84. The highest BCUT2D eigenvalue weighted by Gasteiger charge is 2.06. The smallest absolute Gasteiger partial charge is 0.224 e. The Morgan fingerprint density at radius 1 is 1.00 bits per heavy atom. The minimum Gasteiger partial charge on any atom is -0.493 e. The van der Waals surface area contributed by atoms with Crippen molar-refractivity contribution in [1.82, 2.24) is 0 Å². The third-order valence-corrected chi connectivity index (χ3v) is 4.20. The molecule has 0 fully saturated rings. The number of ether oxygens (including phenoxy) is 1. The molecule has 0 unspecified atom stereocenters. The molecule has 25 heavy (non-hydrogen) atoms. The molecule has 0 saturated carbocycles. The second-order valence-corrected chi connectivity index (χ2v) is 6.30. The lowest BCUT2D eigenvalue weighted by atomic mass is 10.1. The summed E-state index contributed by atoms with van der Waals surface area (Å²) in [4.78, 5) is 12.2. The van der Waals surface area contributed by atoms with Gasteiger partial charge in [0.25, 0.3) is 0 Å². The average molecular weight is 333 g/mol. The van der Waals surface area contributed by atoms with Gasteiger partial charge in [0, 0.05) is 17.5 Å². The molecule has 0 aliphatic rings. The Morgan fingerprint density at radius 2 is 1.80 bits per heavy atom. The number of anilines is 1. The zero-order chi connectivity index (χ0) is 17.6. The predicted octanol–water partition coefficient (Wildman–Crippen LogP) is 5.25. The molecule has 0 aliphatic heterocycles. The van der Waals surface area contributed by atoms with Gasteiger partial charge in [0.15, 0.2) is 0 Å².